The van der Waals surface area contributed by atoms with Gasteiger partial charge in [-0.15, -0.1) is 29.3 Å². The maximum absolute atomic E-state index is 12.7. The summed E-state index contributed by atoms with van der Waals surface area (Å²) >= 11 is 0. The zero-order valence-corrected chi connectivity index (χ0v) is 53.5. The quantitative estimate of drug-likeness (QED) is 0.116. The minimum atomic E-state index is -1.04. The molecule has 0 amide bonds. The van der Waals surface area contributed by atoms with Gasteiger partial charge in [-0.05, 0) is 125 Å². The van der Waals surface area contributed by atoms with Crippen LogP contribution in [-0.2, 0) is 42.7 Å². The fraction of sp³-hybridized carbons (Fsp3) is 0.286. The number of para-hydroxylation sites is 1. The SMILES string of the molecule is [2H]C(C)(C)c1cc(-c2ccc3c(c2)ncc2ccccc23)cc(C([2H])(C)C)c1-c1ccnc(-c2[c-]c(-c3cccc4c3nc(-c3cc(C(C)(C)C)cc(C(C)(C)C)c3O)n4-c3ccc(C(C)(C)C)cc3-c3ccccc3)cc(C(C)(C)C)c2)c1.[Pt]. The number of aromatic nitrogens is 4. The van der Waals surface area contributed by atoms with E-state index in [0.717, 1.165) is 122 Å². The molecule has 0 atom stereocenters. The van der Waals surface area contributed by atoms with Gasteiger partial charge in [0.15, 0.2) is 0 Å². The molecule has 0 aliphatic rings. The van der Waals surface area contributed by atoms with E-state index in [1.807, 2.05) is 52.2 Å². The van der Waals surface area contributed by atoms with Crippen LogP contribution in [0.15, 0.2) is 170 Å². The van der Waals surface area contributed by atoms with Gasteiger partial charge in [-0.1, -0.05) is 231 Å². The number of aromatic hydroxyl groups is 1. The van der Waals surface area contributed by atoms with Gasteiger partial charge in [0.1, 0.15) is 11.6 Å². The first-order valence-corrected chi connectivity index (χ1v) is 29.0. The number of hydrogen-bond acceptors (Lipinski definition) is 4. The van der Waals surface area contributed by atoms with Crippen molar-refractivity contribution in [2.45, 2.75) is 144 Å². The largest absolute Gasteiger partial charge is 0.507 e. The molecule has 11 rings (SSSR count). The number of fused-ring (bicyclic) bond motifs is 4. The molecule has 0 aliphatic heterocycles. The van der Waals surface area contributed by atoms with E-state index in [1.165, 1.54) is 5.56 Å². The average molecular weight is 1270 g/mol. The van der Waals surface area contributed by atoms with E-state index in [4.69, 9.17) is 15.0 Å². The van der Waals surface area contributed by atoms with E-state index in [9.17, 15) is 7.85 Å². The van der Waals surface area contributed by atoms with Crippen LogP contribution in [0, 0.1) is 6.07 Å². The normalized spacial score (nSPS) is 13.1. The predicted octanol–water partition coefficient (Wildman–Crippen LogP) is 21.1. The summed E-state index contributed by atoms with van der Waals surface area (Å²) in [6.45, 7) is 34.3. The fourth-order valence-corrected chi connectivity index (χ4v) is 11.6. The summed E-state index contributed by atoms with van der Waals surface area (Å²) in [5.74, 6) is -1.21. The maximum atomic E-state index is 12.7. The minimum Gasteiger partial charge on any atom is -0.507 e. The number of benzene rings is 8. The molecule has 0 aliphatic carbocycles. The maximum Gasteiger partial charge on any atom is 0.148 e. The monoisotopic (exact) mass is 1270 g/mol. The Morgan fingerprint density at radius 2 is 1.14 bits per heavy atom. The van der Waals surface area contributed by atoms with E-state index in [0.29, 0.717) is 11.4 Å². The molecular weight excluding hydrogens is 1190 g/mol. The average Bonchev–Trinajstić information content (AvgIpc) is 1.84. The summed E-state index contributed by atoms with van der Waals surface area (Å²) < 4.78 is 21.7. The van der Waals surface area contributed by atoms with Crippen molar-refractivity contribution >= 4 is 32.7 Å². The molecule has 0 saturated heterocycles. The molecule has 0 saturated carbocycles. The van der Waals surface area contributed by atoms with Crippen molar-refractivity contribution in [3.63, 3.8) is 0 Å². The zero-order chi connectivity index (χ0) is 60.2. The van der Waals surface area contributed by atoms with Gasteiger partial charge in [-0.2, -0.15) is 0 Å². The first-order chi connectivity index (χ1) is 39.3. The van der Waals surface area contributed by atoms with Gasteiger partial charge in [-0.25, -0.2) is 4.98 Å². The van der Waals surface area contributed by atoms with Crippen LogP contribution < -0.4 is 0 Å². The number of phenolic OH excluding ortho intramolecular Hbond substituents is 1. The van der Waals surface area contributed by atoms with E-state index >= 15 is 0 Å². The van der Waals surface area contributed by atoms with Crippen molar-refractivity contribution in [1.82, 2.24) is 19.5 Å². The van der Waals surface area contributed by atoms with E-state index in [-0.39, 0.29) is 48.5 Å². The third-order valence-corrected chi connectivity index (χ3v) is 16.4. The van der Waals surface area contributed by atoms with E-state index < -0.39 is 11.8 Å². The molecule has 3 aromatic heterocycles. The van der Waals surface area contributed by atoms with E-state index in [2.05, 4.69) is 239 Å². The molecule has 0 fully saturated rings. The van der Waals surface area contributed by atoms with Crippen LogP contribution in [-0.4, -0.2) is 24.6 Å². The third-order valence-electron chi connectivity index (χ3n) is 16.4. The van der Waals surface area contributed by atoms with Gasteiger partial charge >= 0.3 is 0 Å². The minimum absolute atomic E-state index is 0. The second kappa shape index (κ2) is 21.9. The molecule has 11 aromatic rings. The van der Waals surface area contributed by atoms with Crippen molar-refractivity contribution < 1.29 is 28.9 Å². The summed E-state index contributed by atoms with van der Waals surface area (Å²) in [4.78, 5) is 15.7. The predicted molar refractivity (Wildman–Crippen MR) is 348 cm³/mol. The van der Waals surface area contributed by atoms with Crippen LogP contribution in [0.25, 0.3) is 106 Å². The van der Waals surface area contributed by atoms with Gasteiger partial charge in [0.2, 0.25) is 0 Å². The number of pyridine rings is 2. The molecule has 83 heavy (non-hydrogen) atoms. The van der Waals surface area contributed by atoms with Crippen molar-refractivity contribution in [2.24, 2.45) is 0 Å². The van der Waals surface area contributed by atoms with Gasteiger partial charge in [0.05, 0.1) is 27.8 Å². The Kier molecular flexibility index (Phi) is 14.8. The number of hydrogen-bond donors (Lipinski definition) is 1. The Balaban J connectivity index is 0.00000803. The first kappa shape index (κ1) is 56.0. The Morgan fingerprint density at radius 1 is 0.506 bits per heavy atom. The number of phenols is 1. The molecule has 0 radical (unpaired) electrons. The summed E-state index contributed by atoms with van der Waals surface area (Å²) in [5.41, 5.74) is 18.3. The van der Waals surface area contributed by atoms with Gasteiger partial charge in [0.25, 0.3) is 0 Å². The van der Waals surface area contributed by atoms with E-state index in [1.54, 1.807) is 0 Å². The fourth-order valence-electron chi connectivity index (χ4n) is 11.6. The van der Waals surface area contributed by atoms with Crippen molar-refractivity contribution in [3.8, 4) is 78.6 Å². The topological polar surface area (TPSA) is 63.8 Å². The summed E-state index contributed by atoms with van der Waals surface area (Å²) in [6, 6.07) is 59.6. The molecule has 0 bridgehead atoms. The molecule has 1 N–H and O–H groups in total. The van der Waals surface area contributed by atoms with Crippen molar-refractivity contribution in [1.29, 1.82) is 0 Å². The Bertz CT molecular complexity index is 4350. The molecule has 0 unspecified atom stereocenters. The second-order valence-corrected chi connectivity index (χ2v) is 27.1. The number of imidazole rings is 1. The van der Waals surface area contributed by atoms with Crippen LogP contribution in [0.3, 0.4) is 0 Å². The smallest absolute Gasteiger partial charge is 0.148 e. The Labute approximate surface area is 510 Å². The van der Waals surface area contributed by atoms with Crippen LogP contribution in [0.1, 0.15) is 159 Å². The molecule has 0 spiro atoms. The Hall–Kier alpha value is -7.46. The number of nitrogens with zero attached hydrogens (tertiary/aromatic N) is 4. The molecule has 424 valence electrons. The summed E-state index contributed by atoms with van der Waals surface area (Å²) in [5, 5.41) is 16.1. The van der Waals surface area contributed by atoms with Crippen molar-refractivity contribution in [3.05, 3.63) is 210 Å². The summed E-state index contributed by atoms with van der Waals surface area (Å²) in [7, 11) is 0. The molecule has 8 aromatic carbocycles. The Morgan fingerprint density at radius 3 is 1.81 bits per heavy atom. The molecular formula is C77H79N4OPt-. The van der Waals surface area contributed by atoms with Crippen LogP contribution in [0.2, 0.25) is 0 Å². The summed E-state index contributed by atoms with van der Waals surface area (Å²) in [6.07, 6.45) is 3.78. The van der Waals surface area contributed by atoms with Gasteiger partial charge < -0.3 is 5.11 Å². The van der Waals surface area contributed by atoms with Crippen LogP contribution in [0.4, 0.5) is 0 Å². The van der Waals surface area contributed by atoms with Crippen LogP contribution >= 0.6 is 0 Å². The second-order valence-electron chi connectivity index (χ2n) is 27.1. The standard InChI is InChI=1S/C77H79N4O.Pt/c1-46(2)61-38-52(49-29-31-60-58-26-21-20-25-51(58)45-79-67(60)40-49)39-62(47(3)4)70(61)50-33-34-78-66(41-50)54-35-53(36-56(37-54)75(8,9)10)59-27-22-28-69-71(59)80-73(64-43-57(76(11,12)13)44-65(72(64)82)77(14,15)16)81(69)68-32-30-55(74(5,6)7)42-63(68)48-23-18-17-19-24-48;/h17-34,36-47,82H,1-16H3;/q-1;/i46D,47D;. The molecule has 6 heteroatoms. The van der Waals surface area contributed by atoms with Crippen molar-refractivity contribution in [2.75, 3.05) is 0 Å². The van der Waals surface area contributed by atoms with Gasteiger partial charge in [0, 0.05) is 63.8 Å². The first-order valence-electron chi connectivity index (χ1n) is 30.0. The molecule has 3 heterocycles. The molecule has 5 nitrogen and oxygen atoms in total. The third kappa shape index (κ3) is 11.3. The van der Waals surface area contributed by atoms with Crippen LogP contribution in [0.5, 0.6) is 5.75 Å². The van der Waals surface area contributed by atoms with Gasteiger partial charge in [-0.3, -0.25) is 14.5 Å². The number of rotatable bonds is 9. The zero-order valence-electron chi connectivity index (χ0n) is 53.2.